The minimum atomic E-state index is 1.07. The Labute approximate surface area is 149 Å². The van der Waals surface area contributed by atoms with Gasteiger partial charge in [-0.15, -0.1) is 0 Å². The van der Waals surface area contributed by atoms with Gasteiger partial charge in [-0.25, -0.2) is 0 Å². The van der Waals surface area contributed by atoms with E-state index in [1.54, 1.807) is 0 Å². The van der Waals surface area contributed by atoms with E-state index in [2.05, 4.69) is 98.8 Å². The van der Waals surface area contributed by atoms with Crippen molar-refractivity contribution in [2.45, 2.75) is 20.3 Å². The second-order valence-corrected chi connectivity index (χ2v) is 6.66. The molecular formula is C25H22. The highest BCUT2D eigenvalue weighted by molar-refractivity contribution is 6.00. The van der Waals surface area contributed by atoms with Gasteiger partial charge in [-0.1, -0.05) is 85.3 Å². The van der Waals surface area contributed by atoms with Crippen molar-refractivity contribution in [1.29, 1.82) is 0 Å². The van der Waals surface area contributed by atoms with Crippen LogP contribution in [0.3, 0.4) is 0 Å². The summed E-state index contributed by atoms with van der Waals surface area (Å²) in [6.07, 6.45) is 1.07. The lowest BCUT2D eigenvalue weighted by molar-refractivity contribution is 1.14. The van der Waals surface area contributed by atoms with E-state index in [1.807, 2.05) is 0 Å². The summed E-state index contributed by atoms with van der Waals surface area (Å²) >= 11 is 0. The minimum Gasteiger partial charge on any atom is -0.0616 e. The fourth-order valence-electron chi connectivity index (χ4n) is 3.38. The molecule has 0 saturated carbocycles. The molecule has 0 saturated heterocycles. The quantitative estimate of drug-likeness (QED) is 0.379. The van der Waals surface area contributed by atoms with Crippen molar-refractivity contribution in [3.8, 4) is 22.3 Å². The number of hydrogen-bond donors (Lipinski definition) is 0. The van der Waals surface area contributed by atoms with Crippen LogP contribution in [0.2, 0.25) is 0 Å². The maximum atomic E-state index is 2.33. The zero-order chi connectivity index (χ0) is 17.2. The van der Waals surface area contributed by atoms with Gasteiger partial charge in [0.1, 0.15) is 0 Å². The van der Waals surface area contributed by atoms with Gasteiger partial charge in [0.05, 0.1) is 0 Å². The molecule has 0 unspecified atom stereocenters. The average Bonchev–Trinajstić information content (AvgIpc) is 2.68. The molecule has 0 aliphatic carbocycles. The third kappa shape index (κ3) is 3.08. The van der Waals surface area contributed by atoms with E-state index in [0.29, 0.717) is 0 Å². The van der Waals surface area contributed by atoms with Crippen LogP contribution < -0.4 is 0 Å². The fraction of sp³-hybridized carbons (Fsp3) is 0.120. The summed E-state index contributed by atoms with van der Waals surface area (Å²) in [5, 5.41) is 2.60. The van der Waals surface area contributed by atoms with Crippen LogP contribution in [0.5, 0.6) is 0 Å². The molecule has 0 aliphatic rings. The molecule has 0 aliphatic heterocycles. The van der Waals surface area contributed by atoms with Crippen LogP contribution in [0.4, 0.5) is 0 Å². The van der Waals surface area contributed by atoms with E-state index in [9.17, 15) is 0 Å². The fourth-order valence-corrected chi connectivity index (χ4v) is 3.38. The van der Waals surface area contributed by atoms with Gasteiger partial charge in [0.15, 0.2) is 0 Å². The first-order chi connectivity index (χ1) is 12.2. The van der Waals surface area contributed by atoms with Gasteiger partial charge in [0.2, 0.25) is 0 Å². The Kier molecular flexibility index (Phi) is 4.11. The lowest BCUT2D eigenvalue weighted by Crippen LogP contribution is -1.87. The predicted octanol–water partition coefficient (Wildman–Crippen LogP) is 7.04. The number of fused-ring (bicyclic) bond motifs is 1. The number of benzene rings is 4. The summed E-state index contributed by atoms with van der Waals surface area (Å²) in [7, 11) is 0. The normalized spacial score (nSPS) is 11.0. The van der Waals surface area contributed by atoms with Gasteiger partial charge in [-0.2, -0.15) is 0 Å². The molecular weight excluding hydrogens is 300 g/mol. The highest BCUT2D eigenvalue weighted by Crippen LogP contribution is 2.34. The molecule has 4 aromatic rings. The molecule has 0 bridgehead atoms. The molecule has 0 nitrogen and oxygen atoms in total. The highest BCUT2D eigenvalue weighted by Gasteiger charge is 2.08. The number of rotatable bonds is 3. The number of hydrogen-bond acceptors (Lipinski definition) is 0. The van der Waals surface area contributed by atoms with Gasteiger partial charge in [0.25, 0.3) is 0 Å². The number of aryl methyl sites for hydroxylation is 2. The summed E-state index contributed by atoms with van der Waals surface area (Å²) in [5.41, 5.74) is 7.79. The Morgan fingerprint density at radius 2 is 1.32 bits per heavy atom. The van der Waals surface area contributed by atoms with Crippen molar-refractivity contribution in [2.75, 3.05) is 0 Å². The molecule has 0 atom stereocenters. The molecule has 0 amide bonds. The van der Waals surface area contributed by atoms with Crippen molar-refractivity contribution in [2.24, 2.45) is 0 Å². The average molecular weight is 322 g/mol. The van der Waals surface area contributed by atoms with E-state index in [0.717, 1.165) is 6.42 Å². The predicted molar refractivity (Wildman–Crippen MR) is 109 cm³/mol. The van der Waals surface area contributed by atoms with Crippen LogP contribution in [0.15, 0.2) is 84.9 Å². The standard InChI is InChI=1S/C25H22/c1-3-19-10-14-21(15-11-19)25-17-23(20-12-8-18(2)9-13-20)16-22-6-4-5-7-24(22)25/h4-17H,3H2,1-2H3. The maximum absolute atomic E-state index is 2.33. The Hall–Kier alpha value is -2.86. The Balaban J connectivity index is 1.93. The van der Waals surface area contributed by atoms with Gasteiger partial charge in [-0.3, -0.25) is 0 Å². The molecule has 4 rings (SSSR count). The maximum Gasteiger partial charge on any atom is -0.00992 e. The summed E-state index contributed by atoms with van der Waals surface area (Å²) < 4.78 is 0. The SMILES string of the molecule is CCc1ccc(-c2cc(-c3ccc(C)cc3)cc3ccccc23)cc1. The summed E-state index contributed by atoms with van der Waals surface area (Å²) in [5.74, 6) is 0. The minimum absolute atomic E-state index is 1.07. The molecule has 0 spiro atoms. The van der Waals surface area contributed by atoms with E-state index in [1.165, 1.54) is 44.2 Å². The molecule has 0 N–H and O–H groups in total. The molecule has 0 heteroatoms. The van der Waals surface area contributed by atoms with E-state index in [-0.39, 0.29) is 0 Å². The van der Waals surface area contributed by atoms with Crippen LogP contribution >= 0.6 is 0 Å². The van der Waals surface area contributed by atoms with Crippen LogP contribution in [0.25, 0.3) is 33.0 Å². The molecule has 0 aromatic heterocycles. The Morgan fingerprint density at radius 1 is 0.640 bits per heavy atom. The molecule has 0 fully saturated rings. The first-order valence-corrected chi connectivity index (χ1v) is 8.94. The molecule has 122 valence electrons. The van der Waals surface area contributed by atoms with Crippen LogP contribution in [-0.2, 0) is 6.42 Å². The van der Waals surface area contributed by atoms with E-state index >= 15 is 0 Å². The third-order valence-corrected chi connectivity index (χ3v) is 4.92. The Bertz CT molecular complexity index is 1010. The lowest BCUT2D eigenvalue weighted by atomic mass is 9.92. The topological polar surface area (TPSA) is 0 Å². The first-order valence-electron chi connectivity index (χ1n) is 8.94. The van der Waals surface area contributed by atoms with Gasteiger partial charge in [-0.05, 0) is 64.1 Å². The van der Waals surface area contributed by atoms with Gasteiger partial charge in [0, 0.05) is 0 Å². The van der Waals surface area contributed by atoms with Crippen molar-refractivity contribution in [1.82, 2.24) is 0 Å². The van der Waals surface area contributed by atoms with E-state index in [4.69, 9.17) is 0 Å². The lowest BCUT2D eigenvalue weighted by Gasteiger charge is -2.12. The van der Waals surface area contributed by atoms with Crippen molar-refractivity contribution in [3.05, 3.63) is 96.1 Å². The second kappa shape index (κ2) is 6.57. The largest absolute Gasteiger partial charge is 0.0616 e. The van der Waals surface area contributed by atoms with Crippen molar-refractivity contribution < 1.29 is 0 Å². The monoisotopic (exact) mass is 322 g/mol. The molecule has 4 aromatic carbocycles. The van der Waals surface area contributed by atoms with E-state index < -0.39 is 0 Å². The van der Waals surface area contributed by atoms with Crippen LogP contribution in [0, 0.1) is 6.92 Å². The van der Waals surface area contributed by atoms with Gasteiger partial charge >= 0.3 is 0 Å². The Morgan fingerprint density at radius 3 is 2.04 bits per heavy atom. The second-order valence-electron chi connectivity index (χ2n) is 6.66. The summed E-state index contributed by atoms with van der Waals surface area (Å²) in [6.45, 7) is 4.33. The van der Waals surface area contributed by atoms with Crippen LogP contribution in [0.1, 0.15) is 18.1 Å². The van der Waals surface area contributed by atoms with Crippen LogP contribution in [-0.4, -0.2) is 0 Å². The molecule has 0 heterocycles. The highest BCUT2D eigenvalue weighted by atomic mass is 14.1. The third-order valence-electron chi connectivity index (χ3n) is 4.92. The first kappa shape index (κ1) is 15.7. The zero-order valence-electron chi connectivity index (χ0n) is 14.8. The molecule has 0 radical (unpaired) electrons. The summed E-state index contributed by atoms with van der Waals surface area (Å²) in [4.78, 5) is 0. The summed E-state index contributed by atoms with van der Waals surface area (Å²) in [6, 6.07) is 31.0. The van der Waals surface area contributed by atoms with Gasteiger partial charge < -0.3 is 0 Å². The smallest absolute Gasteiger partial charge is 0.00992 e. The van der Waals surface area contributed by atoms with Crippen molar-refractivity contribution in [3.63, 3.8) is 0 Å². The zero-order valence-corrected chi connectivity index (χ0v) is 14.8. The molecule has 25 heavy (non-hydrogen) atoms. The van der Waals surface area contributed by atoms with Crippen molar-refractivity contribution >= 4 is 10.8 Å².